The van der Waals surface area contributed by atoms with Crippen LogP contribution in [-0.4, -0.2) is 47.9 Å². The molecule has 1 aromatic heterocycles. The molecule has 3 N–H and O–H groups in total. The van der Waals surface area contributed by atoms with Gasteiger partial charge in [-0.05, 0) is 18.9 Å². The summed E-state index contributed by atoms with van der Waals surface area (Å²) in [4.78, 5) is 9.08. The van der Waals surface area contributed by atoms with Crippen molar-refractivity contribution < 1.29 is 0 Å². The lowest BCUT2D eigenvalue weighted by molar-refractivity contribution is 0.247. The normalized spacial score (nSPS) is 20.6. The van der Waals surface area contributed by atoms with Gasteiger partial charge in [-0.15, -0.1) is 0 Å². The second-order valence-electron chi connectivity index (χ2n) is 5.16. The highest BCUT2D eigenvalue weighted by molar-refractivity contribution is 6.36. The van der Waals surface area contributed by atoms with Crippen molar-refractivity contribution in [3.05, 3.63) is 22.8 Å². The molecule has 0 unspecified atom stereocenters. The van der Waals surface area contributed by atoms with E-state index < -0.39 is 0 Å². The fourth-order valence-corrected chi connectivity index (χ4v) is 2.93. The number of amidine groups is 1. The van der Waals surface area contributed by atoms with Crippen molar-refractivity contribution in [3.8, 4) is 0 Å². The van der Waals surface area contributed by atoms with Crippen LogP contribution in [0, 0.1) is 5.41 Å². The zero-order chi connectivity index (χ0) is 13.4. The van der Waals surface area contributed by atoms with Gasteiger partial charge in [0.2, 0.25) is 0 Å². The van der Waals surface area contributed by atoms with Crippen molar-refractivity contribution in [2.75, 3.05) is 31.1 Å². The molecular formula is C13H18ClN5. The topological polar surface area (TPSA) is 69.2 Å². The lowest BCUT2D eigenvalue weighted by Gasteiger charge is -2.36. The van der Waals surface area contributed by atoms with E-state index in [2.05, 4.69) is 14.8 Å². The number of piperazine rings is 1. The van der Waals surface area contributed by atoms with Crippen molar-refractivity contribution in [2.24, 2.45) is 5.73 Å². The van der Waals surface area contributed by atoms with Crippen LogP contribution >= 0.6 is 11.6 Å². The Kier molecular flexibility index (Phi) is 3.33. The standard InChI is InChI=1S/C13H18ClN5/c14-11-10(12(15)16)3-4-17-13(11)19-7-5-18(6-8-19)9-1-2-9/h3-4,9H,1-2,5-8H2,(H3,15,16). The number of nitrogens with zero attached hydrogens (tertiary/aromatic N) is 3. The van der Waals surface area contributed by atoms with E-state index in [9.17, 15) is 0 Å². The zero-order valence-corrected chi connectivity index (χ0v) is 11.5. The quantitative estimate of drug-likeness (QED) is 0.646. The average Bonchev–Trinajstić information content (AvgIpc) is 3.23. The van der Waals surface area contributed by atoms with Crippen LogP contribution in [0.2, 0.25) is 5.02 Å². The predicted octanol–water partition coefficient (Wildman–Crippen LogP) is 1.30. The van der Waals surface area contributed by atoms with Gasteiger partial charge in [-0.25, -0.2) is 4.98 Å². The first kappa shape index (κ1) is 12.7. The van der Waals surface area contributed by atoms with Crippen LogP contribution in [0.4, 0.5) is 5.82 Å². The number of anilines is 1. The van der Waals surface area contributed by atoms with Crippen molar-refractivity contribution >= 4 is 23.3 Å². The Labute approximate surface area is 117 Å². The molecule has 102 valence electrons. The third-order valence-corrected chi connectivity index (χ3v) is 4.21. The fraction of sp³-hybridized carbons (Fsp3) is 0.538. The van der Waals surface area contributed by atoms with E-state index in [0.29, 0.717) is 10.6 Å². The molecule has 3 rings (SSSR count). The number of nitrogens with one attached hydrogen (secondary N) is 1. The van der Waals surface area contributed by atoms with Gasteiger partial charge in [0.1, 0.15) is 11.7 Å². The summed E-state index contributed by atoms with van der Waals surface area (Å²) in [5.74, 6) is 0.745. The maximum Gasteiger partial charge on any atom is 0.148 e. The van der Waals surface area contributed by atoms with E-state index in [4.69, 9.17) is 22.7 Å². The molecule has 1 aromatic rings. The van der Waals surface area contributed by atoms with Gasteiger partial charge < -0.3 is 10.6 Å². The van der Waals surface area contributed by atoms with Crippen molar-refractivity contribution in [3.63, 3.8) is 0 Å². The molecule has 2 heterocycles. The monoisotopic (exact) mass is 279 g/mol. The third-order valence-electron chi connectivity index (χ3n) is 3.84. The van der Waals surface area contributed by atoms with Crippen molar-refractivity contribution in [1.82, 2.24) is 9.88 Å². The molecule has 0 radical (unpaired) electrons. The van der Waals surface area contributed by atoms with E-state index >= 15 is 0 Å². The molecule has 1 aliphatic heterocycles. The van der Waals surface area contributed by atoms with Gasteiger partial charge in [-0.1, -0.05) is 11.6 Å². The maximum atomic E-state index is 7.52. The van der Waals surface area contributed by atoms with Crippen LogP contribution in [-0.2, 0) is 0 Å². The molecule has 0 amide bonds. The number of nitrogen functional groups attached to an aromatic ring is 1. The van der Waals surface area contributed by atoms with Crippen LogP contribution in [0.5, 0.6) is 0 Å². The summed E-state index contributed by atoms with van der Waals surface area (Å²) in [5, 5.41) is 8.02. The van der Waals surface area contributed by atoms with Gasteiger partial charge in [-0.3, -0.25) is 10.3 Å². The lowest BCUT2D eigenvalue weighted by Crippen LogP contribution is -2.47. The molecule has 2 fully saturated rings. The minimum atomic E-state index is -0.00901. The van der Waals surface area contributed by atoms with Gasteiger partial charge in [0.05, 0.1) is 5.02 Å². The Morgan fingerprint density at radius 2 is 2.00 bits per heavy atom. The van der Waals surface area contributed by atoms with E-state index in [-0.39, 0.29) is 5.84 Å². The molecule has 6 heteroatoms. The van der Waals surface area contributed by atoms with E-state index in [0.717, 1.165) is 38.0 Å². The molecule has 0 atom stereocenters. The first-order valence-electron chi connectivity index (χ1n) is 6.64. The Bertz CT molecular complexity index is 492. The number of pyridine rings is 1. The smallest absolute Gasteiger partial charge is 0.148 e. The average molecular weight is 280 g/mol. The lowest BCUT2D eigenvalue weighted by atomic mass is 10.2. The predicted molar refractivity (Wildman–Crippen MR) is 77.1 cm³/mol. The first-order valence-corrected chi connectivity index (χ1v) is 7.02. The molecule has 0 aromatic carbocycles. The Morgan fingerprint density at radius 1 is 1.32 bits per heavy atom. The van der Waals surface area contributed by atoms with E-state index in [1.807, 2.05) is 0 Å². The van der Waals surface area contributed by atoms with E-state index in [1.54, 1.807) is 12.3 Å². The fourth-order valence-electron chi connectivity index (χ4n) is 2.60. The van der Waals surface area contributed by atoms with Crippen molar-refractivity contribution in [2.45, 2.75) is 18.9 Å². The van der Waals surface area contributed by atoms with Crippen LogP contribution in [0.15, 0.2) is 12.3 Å². The molecule has 2 aliphatic rings. The van der Waals surface area contributed by atoms with Crippen LogP contribution in [0.3, 0.4) is 0 Å². The number of rotatable bonds is 3. The summed E-state index contributed by atoms with van der Waals surface area (Å²) in [5.41, 5.74) is 6.09. The van der Waals surface area contributed by atoms with Crippen LogP contribution in [0.1, 0.15) is 18.4 Å². The highest BCUT2D eigenvalue weighted by Crippen LogP contribution is 2.30. The van der Waals surface area contributed by atoms with Gasteiger partial charge in [-0.2, -0.15) is 0 Å². The molecule has 1 saturated heterocycles. The Balaban J connectivity index is 1.75. The molecule has 0 bridgehead atoms. The maximum absolute atomic E-state index is 7.52. The molecule has 19 heavy (non-hydrogen) atoms. The third kappa shape index (κ3) is 2.53. The Morgan fingerprint density at radius 3 is 2.58 bits per heavy atom. The molecule has 0 spiro atoms. The van der Waals surface area contributed by atoms with Crippen LogP contribution in [0.25, 0.3) is 0 Å². The van der Waals surface area contributed by atoms with Gasteiger partial charge in [0.25, 0.3) is 0 Å². The molecular weight excluding hydrogens is 262 g/mol. The molecule has 5 nitrogen and oxygen atoms in total. The minimum absolute atomic E-state index is 0.00901. The summed E-state index contributed by atoms with van der Waals surface area (Å²) in [6.07, 6.45) is 4.36. The summed E-state index contributed by atoms with van der Waals surface area (Å²) in [7, 11) is 0. The highest BCUT2D eigenvalue weighted by Gasteiger charge is 2.31. The number of hydrogen-bond donors (Lipinski definition) is 2. The zero-order valence-electron chi connectivity index (χ0n) is 10.8. The SMILES string of the molecule is N=C(N)c1ccnc(N2CCN(C3CC3)CC2)c1Cl. The summed E-state index contributed by atoms with van der Waals surface area (Å²) < 4.78 is 0. The summed E-state index contributed by atoms with van der Waals surface area (Å²) in [6, 6.07) is 2.50. The van der Waals surface area contributed by atoms with Gasteiger partial charge >= 0.3 is 0 Å². The van der Waals surface area contributed by atoms with E-state index in [1.165, 1.54) is 12.8 Å². The molecule has 1 aliphatic carbocycles. The van der Waals surface area contributed by atoms with Gasteiger partial charge in [0.15, 0.2) is 0 Å². The Hall–Kier alpha value is -1.33. The minimum Gasteiger partial charge on any atom is -0.384 e. The number of hydrogen-bond acceptors (Lipinski definition) is 4. The second kappa shape index (κ2) is 4.98. The second-order valence-corrected chi connectivity index (χ2v) is 5.54. The summed E-state index contributed by atoms with van der Waals surface area (Å²) in [6.45, 7) is 4.00. The highest BCUT2D eigenvalue weighted by atomic mass is 35.5. The number of halogens is 1. The number of nitrogens with two attached hydrogens (primary N) is 1. The van der Waals surface area contributed by atoms with Crippen LogP contribution < -0.4 is 10.6 Å². The first-order chi connectivity index (χ1) is 9.16. The summed E-state index contributed by atoms with van der Waals surface area (Å²) >= 11 is 6.31. The number of aromatic nitrogens is 1. The largest absolute Gasteiger partial charge is 0.384 e. The van der Waals surface area contributed by atoms with Crippen molar-refractivity contribution in [1.29, 1.82) is 5.41 Å². The molecule has 1 saturated carbocycles. The van der Waals surface area contributed by atoms with Gasteiger partial charge in [0, 0.05) is 44.0 Å².